The molecule has 0 spiro atoms. The number of hydrogen-bond acceptors (Lipinski definition) is 15. The Bertz CT molecular complexity index is 1600. The lowest BCUT2D eigenvalue weighted by Gasteiger charge is -2.47. The first-order valence-corrected chi connectivity index (χ1v) is 16.4. The number of benzene rings is 1. The van der Waals surface area contributed by atoms with Crippen molar-refractivity contribution in [2.75, 3.05) is 0 Å². The number of rotatable bonds is 7. The van der Waals surface area contributed by atoms with E-state index in [9.17, 15) is 38.7 Å². The monoisotopic (exact) mass is 716 g/mol. The summed E-state index contributed by atoms with van der Waals surface area (Å²) in [5, 5.41) is 12.5. The van der Waals surface area contributed by atoms with Gasteiger partial charge in [0.15, 0.2) is 29.7 Å². The van der Waals surface area contributed by atoms with Crippen LogP contribution in [-0.2, 0) is 61.9 Å². The highest BCUT2D eigenvalue weighted by Crippen LogP contribution is 2.58. The molecule has 0 radical (unpaired) electrons. The van der Waals surface area contributed by atoms with E-state index < -0.39 is 113 Å². The molecule has 15 nitrogen and oxygen atoms in total. The number of fused-ring (bicyclic) bond motifs is 4. The lowest BCUT2D eigenvalue weighted by molar-refractivity contribution is -0.322. The van der Waals surface area contributed by atoms with Gasteiger partial charge in [-0.05, 0) is 24.5 Å². The van der Waals surface area contributed by atoms with Crippen LogP contribution in [0.4, 0.5) is 0 Å². The molecular formula is C36H44O15. The van der Waals surface area contributed by atoms with Crippen molar-refractivity contribution >= 4 is 41.6 Å². The van der Waals surface area contributed by atoms with Crippen LogP contribution in [0, 0.1) is 17.3 Å². The predicted octanol–water partition coefficient (Wildman–Crippen LogP) is 2.54. The van der Waals surface area contributed by atoms with Gasteiger partial charge in [0, 0.05) is 45.6 Å². The van der Waals surface area contributed by atoms with E-state index in [0.29, 0.717) is 0 Å². The number of Topliss-reactive ketones (excluding diaryl/α,β-unsaturated/α-hetero) is 1. The van der Waals surface area contributed by atoms with Crippen molar-refractivity contribution < 1.29 is 71.8 Å². The Balaban J connectivity index is 2.13. The fourth-order valence-electron chi connectivity index (χ4n) is 7.73. The van der Waals surface area contributed by atoms with Crippen LogP contribution < -0.4 is 0 Å². The van der Waals surface area contributed by atoms with E-state index >= 15 is 0 Å². The van der Waals surface area contributed by atoms with Gasteiger partial charge in [-0.15, -0.1) is 0 Å². The molecule has 1 saturated carbocycles. The molecule has 0 unspecified atom stereocenters. The summed E-state index contributed by atoms with van der Waals surface area (Å²) < 4.78 is 41.4. The topological polar surface area (TPSA) is 204 Å². The molecule has 0 aromatic heterocycles. The standard InChI is InChI=1S/C36H44O15/c1-17-15-35(50-23(7)41)26(27(17)45-19(3)37)28(46-20(4)38)18(2)29(47-21(5)39)30(49-33(43)24-13-11-10-12-14-24)32(48-22(6)40)34(8,9)31-25(42)16-36(35,44)51-31/h10-14,17,26-32,44H,2,15-16H2,1,3-9H3/t17-,26+,27-,28-,29+,30+,31-,32+,35+,36+/m0/s1. The van der Waals surface area contributed by atoms with Crippen molar-refractivity contribution in [2.45, 2.75) is 116 Å². The molecule has 4 rings (SSSR count). The predicted molar refractivity (Wildman–Crippen MR) is 172 cm³/mol. The van der Waals surface area contributed by atoms with Gasteiger partial charge in [-0.1, -0.05) is 45.5 Å². The Labute approximate surface area is 294 Å². The summed E-state index contributed by atoms with van der Waals surface area (Å²) in [5.41, 5.74) is -4.23. The zero-order valence-corrected chi connectivity index (χ0v) is 29.8. The molecule has 3 fully saturated rings. The van der Waals surface area contributed by atoms with Gasteiger partial charge in [-0.3, -0.25) is 28.8 Å². The average Bonchev–Trinajstić information content (AvgIpc) is 3.48. The largest absolute Gasteiger partial charge is 0.462 e. The first-order chi connectivity index (χ1) is 23.6. The minimum atomic E-state index is -2.66. The maximum absolute atomic E-state index is 14.1. The fourth-order valence-corrected chi connectivity index (χ4v) is 7.73. The van der Waals surface area contributed by atoms with Crippen LogP contribution in [0.25, 0.3) is 0 Å². The lowest BCUT2D eigenvalue weighted by Crippen LogP contribution is -2.64. The highest BCUT2D eigenvalue weighted by atomic mass is 16.7. The number of esters is 6. The molecule has 15 heteroatoms. The van der Waals surface area contributed by atoms with Crippen LogP contribution in [0.3, 0.4) is 0 Å². The van der Waals surface area contributed by atoms with Crippen LogP contribution in [-0.4, -0.2) is 94.7 Å². The molecule has 1 N–H and O–H groups in total. The third-order valence-corrected chi connectivity index (χ3v) is 9.58. The maximum atomic E-state index is 14.1. The second-order valence-corrected chi connectivity index (χ2v) is 13.9. The van der Waals surface area contributed by atoms with Crippen LogP contribution >= 0.6 is 0 Å². The third-order valence-electron chi connectivity index (χ3n) is 9.58. The van der Waals surface area contributed by atoms with Gasteiger partial charge in [0.2, 0.25) is 5.79 Å². The van der Waals surface area contributed by atoms with Crippen LogP contribution in [0.1, 0.15) is 78.6 Å². The first kappa shape index (κ1) is 39.2. The van der Waals surface area contributed by atoms with Crippen molar-refractivity contribution in [3.05, 3.63) is 48.0 Å². The molecule has 278 valence electrons. The van der Waals surface area contributed by atoms with E-state index in [0.717, 1.165) is 34.6 Å². The zero-order valence-electron chi connectivity index (χ0n) is 29.8. The van der Waals surface area contributed by atoms with E-state index in [1.54, 1.807) is 25.1 Å². The van der Waals surface area contributed by atoms with Crippen molar-refractivity contribution in [3.63, 3.8) is 0 Å². The summed E-state index contributed by atoms with van der Waals surface area (Å²) in [6, 6.07) is 7.67. The minimum absolute atomic E-state index is 0.0471. The average molecular weight is 717 g/mol. The second kappa shape index (κ2) is 14.5. The Morgan fingerprint density at radius 2 is 1.33 bits per heavy atom. The zero-order chi connectivity index (χ0) is 38.2. The maximum Gasteiger partial charge on any atom is 0.338 e. The normalized spacial score (nSPS) is 34.2. The van der Waals surface area contributed by atoms with E-state index in [-0.39, 0.29) is 17.6 Å². The molecular weight excluding hydrogens is 672 g/mol. The molecule has 2 heterocycles. The van der Waals surface area contributed by atoms with Gasteiger partial charge >= 0.3 is 35.8 Å². The molecule has 0 amide bonds. The van der Waals surface area contributed by atoms with Gasteiger partial charge in [0.1, 0.15) is 18.3 Å². The first-order valence-electron chi connectivity index (χ1n) is 16.4. The van der Waals surface area contributed by atoms with Gasteiger partial charge in [-0.25, -0.2) is 4.79 Å². The molecule has 2 bridgehead atoms. The Morgan fingerprint density at radius 3 is 1.86 bits per heavy atom. The summed E-state index contributed by atoms with van der Waals surface area (Å²) in [5.74, 6) is -11.2. The lowest BCUT2D eigenvalue weighted by atomic mass is 9.71. The van der Waals surface area contributed by atoms with Crippen molar-refractivity contribution in [2.24, 2.45) is 17.3 Å². The second-order valence-electron chi connectivity index (χ2n) is 13.9. The Kier molecular flexibility index (Phi) is 11.2. The highest BCUT2D eigenvalue weighted by molar-refractivity contribution is 5.90. The molecule has 3 aliphatic rings. The number of ether oxygens (including phenoxy) is 7. The summed E-state index contributed by atoms with van der Waals surface area (Å²) in [4.78, 5) is 91.8. The van der Waals surface area contributed by atoms with Crippen LogP contribution in [0.15, 0.2) is 42.5 Å². The van der Waals surface area contributed by atoms with Gasteiger partial charge in [-0.2, -0.15) is 0 Å². The van der Waals surface area contributed by atoms with Gasteiger partial charge in [0.05, 0.1) is 17.9 Å². The van der Waals surface area contributed by atoms with E-state index in [4.69, 9.17) is 33.2 Å². The van der Waals surface area contributed by atoms with E-state index in [1.807, 2.05) is 0 Å². The number of carbonyl (C=O) groups is 7. The third kappa shape index (κ3) is 7.54. The fraction of sp³-hybridized carbons (Fsp3) is 0.583. The molecule has 2 aliphatic heterocycles. The number of ketones is 1. The number of carbonyl (C=O) groups excluding carboxylic acids is 7. The van der Waals surface area contributed by atoms with Crippen molar-refractivity contribution in [1.29, 1.82) is 0 Å². The van der Waals surface area contributed by atoms with E-state index in [2.05, 4.69) is 6.58 Å². The number of hydrogen-bond donors (Lipinski definition) is 1. The number of aliphatic hydroxyl groups is 1. The Hall–Kier alpha value is -4.63. The molecule has 51 heavy (non-hydrogen) atoms. The summed E-state index contributed by atoms with van der Waals surface area (Å²) in [6.45, 7) is 14.0. The minimum Gasteiger partial charge on any atom is -0.462 e. The van der Waals surface area contributed by atoms with E-state index in [1.165, 1.54) is 26.0 Å². The summed E-state index contributed by atoms with van der Waals surface area (Å²) >= 11 is 0. The van der Waals surface area contributed by atoms with Crippen LogP contribution in [0.5, 0.6) is 0 Å². The van der Waals surface area contributed by atoms with Crippen molar-refractivity contribution in [1.82, 2.24) is 0 Å². The van der Waals surface area contributed by atoms with Gasteiger partial charge < -0.3 is 38.3 Å². The highest BCUT2D eigenvalue weighted by Gasteiger charge is 2.75. The van der Waals surface area contributed by atoms with Crippen molar-refractivity contribution in [3.8, 4) is 0 Å². The quantitative estimate of drug-likeness (QED) is 0.245. The van der Waals surface area contributed by atoms with Gasteiger partial charge in [0.25, 0.3) is 0 Å². The Morgan fingerprint density at radius 1 is 0.784 bits per heavy atom. The summed E-state index contributed by atoms with van der Waals surface area (Å²) in [7, 11) is 0. The molecule has 10 atom stereocenters. The smallest absolute Gasteiger partial charge is 0.338 e. The molecule has 1 aromatic rings. The SMILES string of the molecule is C=C1[C@@H](OC(C)=O)[C@@H](OC(=O)c2ccccc2)[C@@H](OC(C)=O)C(C)(C)[C@H]2O[C@](O)(CC2=O)[C@@]2(OC(C)=O)C[C@H](C)[C@H](OC(C)=O)[C@@H]2[C@H]1OC(C)=O. The van der Waals surface area contributed by atoms with Crippen LogP contribution in [0.2, 0.25) is 0 Å². The molecule has 1 aliphatic carbocycles. The molecule has 1 aromatic carbocycles. The molecule has 2 saturated heterocycles. The summed E-state index contributed by atoms with van der Waals surface area (Å²) in [6.07, 6.45) is -11.1.